The second kappa shape index (κ2) is 8.31. The zero-order chi connectivity index (χ0) is 19.3. The van der Waals surface area contributed by atoms with Crippen LogP contribution in [0, 0.1) is 5.82 Å². The van der Waals surface area contributed by atoms with Gasteiger partial charge in [-0.15, -0.1) is 0 Å². The Labute approximate surface area is 153 Å². The van der Waals surface area contributed by atoms with Crippen LogP contribution >= 0.6 is 0 Å². The average molecular weight is 378 g/mol. The van der Waals surface area contributed by atoms with E-state index in [-0.39, 0.29) is 28.1 Å². The Bertz CT molecular complexity index is 880. The van der Waals surface area contributed by atoms with Crippen molar-refractivity contribution in [1.29, 1.82) is 0 Å². The van der Waals surface area contributed by atoms with Gasteiger partial charge in [-0.3, -0.25) is 9.10 Å². The average Bonchev–Trinajstić information content (AvgIpc) is 2.65. The first kappa shape index (κ1) is 19.9. The maximum Gasteiger partial charge on any atom is 0.264 e. The fourth-order valence-electron chi connectivity index (χ4n) is 2.55. The van der Waals surface area contributed by atoms with E-state index in [0.29, 0.717) is 0 Å². The quantitative estimate of drug-likeness (QED) is 0.801. The highest BCUT2D eigenvalue weighted by Gasteiger charge is 2.24. The van der Waals surface area contributed by atoms with Crippen LogP contribution in [0.4, 0.5) is 10.1 Å². The normalized spacial score (nSPS) is 11.4. The second-order valence-electron chi connectivity index (χ2n) is 5.94. The first-order valence-electron chi connectivity index (χ1n) is 8.45. The van der Waals surface area contributed by atoms with Gasteiger partial charge < -0.3 is 5.32 Å². The molecule has 5 nitrogen and oxygen atoms in total. The first-order chi connectivity index (χ1) is 12.3. The topological polar surface area (TPSA) is 66.5 Å². The van der Waals surface area contributed by atoms with E-state index in [9.17, 15) is 17.6 Å². The summed E-state index contributed by atoms with van der Waals surface area (Å²) in [5, 5.41) is 2.87. The van der Waals surface area contributed by atoms with E-state index in [4.69, 9.17) is 0 Å². The summed E-state index contributed by atoms with van der Waals surface area (Å²) in [5.41, 5.74) is 0.194. The van der Waals surface area contributed by atoms with Crippen LogP contribution in [0.1, 0.15) is 37.0 Å². The highest BCUT2D eigenvalue weighted by atomic mass is 32.2. The number of halogens is 1. The number of anilines is 1. The number of benzene rings is 2. The molecule has 0 bridgehead atoms. The van der Waals surface area contributed by atoms with Gasteiger partial charge in [-0.2, -0.15) is 0 Å². The number of para-hydroxylation sites is 1. The molecule has 2 rings (SSSR count). The number of rotatable bonds is 7. The molecule has 0 radical (unpaired) electrons. The van der Waals surface area contributed by atoms with E-state index in [1.807, 2.05) is 13.8 Å². The lowest BCUT2D eigenvalue weighted by molar-refractivity contribution is 0.0934. The van der Waals surface area contributed by atoms with Crippen LogP contribution in [0.25, 0.3) is 0 Å². The number of amides is 1. The lowest BCUT2D eigenvalue weighted by atomic mass is 10.1. The van der Waals surface area contributed by atoms with Crippen LogP contribution in [0.3, 0.4) is 0 Å². The maximum atomic E-state index is 13.9. The maximum absolute atomic E-state index is 13.9. The molecule has 2 aromatic carbocycles. The van der Waals surface area contributed by atoms with Gasteiger partial charge in [0.05, 0.1) is 10.6 Å². The molecular weight excluding hydrogens is 355 g/mol. The van der Waals surface area contributed by atoms with Crippen molar-refractivity contribution in [1.82, 2.24) is 5.32 Å². The van der Waals surface area contributed by atoms with E-state index in [0.717, 1.165) is 17.1 Å². The third-order valence-corrected chi connectivity index (χ3v) is 6.03. The van der Waals surface area contributed by atoms with Gasteiger partial charge in [0.2, 0.25) is 0 Å². The Balaban J connectivity index is 2.34. The molecule has 140 valence electrons. The Morgan fingerprint density at radius 3 is 2.38 bits per heavy atom. The van der Waals surface area contributed by atoms with Crippen molar-refractivity contribution in [2.75, 3.05) is 11.4 Å². The molecule has 7 heteroatoms. The molecule has 0 atom stereocenters. The molecule has 0 heterocycles. The SMILES string of the molecule is CCC(CC)NC(=O)c1cccc(S(=O)(=O)N(C)c2ccccc2F)c1. The third-order valence-electron chi connectivity index (χ3n) is 4.27. The summed E-state index contributed by atoms with van der Waals surface area (Å²) in [5.74, 6) is -0.967. The van der Waals surface area contributed by atoms with Crippen LogP contribution in [0.2, 0.25) is 0 Å². The number of nitrogens with one attached hydrogen (secondary N) is 1. The van der Waals surface area contributed by atoms with Gasteiger partial charge in [0.15, 0.2) is 0 Å². The summed E-state index contributed by atoms with van der Waals surface area (Å²) < 4.78 is 40.5. The number of carbonyl (C=O) groups is 1. The number of nitrogens with zero attached hydrogens (tertiary/aromatic N) is 1. The van der Waals surface area contributed by atoms with E-state index in [1.54, 1.807) is 12.1 Å². The Morgan fingerprint density at radius 2 is 1.77 bits per heavy atom. The van der Waals surface area contributed by atoms with Crippen molar-refractivity contribution < 1.29 is 17.6 Å². The minimum Gasteiger partial charge on any atom is -0.349 e. The molecule has 1 amide bonds. The lowest BCUT2D eigenvalue weighted by Crippen LogP contribution is -2.34. The molecule has 0 aliphatic heterocycles. The van der Waals surface area contributed by atoms with Gasteiger partial charge in [0.25, 0.3) is 15.9 Å². The van der Waals surface area contributed by atoms with Crippen molar-refractivity contribution in [3.63, 3.8) is 0 Å². The predicted octanol–water partition coefficient (Wildman–Crippen LogP) is 3.57. The number of hydrogen-bond donors (Lipinski definition) is 1. The third kappa shape index (κ3) is 4.22. The summed E-state index contributed by atoms with van der Waals surface area (Å²) in [4.78, 5) is 12.3. The summed E-state index contributed by atoms with van der Waals surface area (Å²) in [7, 11) is -2.71. The Kier molecular flexibility index (Phi) is 6.37. The van der Waals surface area contributed by atoms with Crippen LogP contribution in [-0.4, -0.2) is 27.4 Å². The molecule has 0 unspecified atom stereocenters. The van der Waals surface area contributed by atoms with Crippen molar-refractivity contribution >= 4 is 21.6 Å². The lowest BCUT2D eigenvalue weighted by Gasteiger charge is -2.20. The molecule has 0 saturated carbocycles. The van der Waals surface area contributed by atoms with Crippen molar-refractivity contribution in [3.05, 3.63) is 59.9 Å². The largest absolute Gasteiger partial charge is 0.349 e. The molecule has 0 aliphatic rings. The van der Waals surface area contributed by atoms with E-state index in [2.05, 4.69) is 5.32 Å². The highest BCUT2D eigenvalue weighted by molar-refractivity contribution is 7.92. The predicted molar refractivity (Wildman–Crippen MR) is 100 cm³/mol. The first-order valence-corrected chi connectivity index (χ1v) is 9.89. The molecule has 0 aliphatic carbocycles. The molecule has 26 heavy (non-hydrogen) atoms. The zero-order valence-electron chi connectivity index (χ0n) is 15.1. The molecule has 1 N–H and O–H groups in total. The smallest absolute Gasteiger partial charge is 0.264 e. The monoisotopic (exact) mass is 378 g/mol. The summed E-state index contributed by atoms with van der Waals surface area (Å²) in [6.07, 6.45) is 1.58. The van der Waals surface area contributed by atoms with Crippen LogP contribution < -0.4 is 9.62 Å². The van der Waals surface area contributed by atoms with E-state index < -0.39 is 15.8 Å². The summed E-state index contributed by atoms with van der Waals surface area (Å²) >= 11 is 0. The fraction of sp³-hybridized carbons (Fsp3) is 0.316. The van der Waals surface area contributed by atoms with Crippen molar-refractivity contribution in [2.45, 2.75) is 37.6 Å². The minimum absolute atomic E-state index is 0.0313. The van der Waals surface area contributed by atoms with Gasteiger partial charge >= 0.3 is 0 Å². The molecule has 0 fully saturated rings. The molecular formula is C19H23FN2O3S. The second-order valence-corrected chi connectivity index (χ2v) is 7.91. The van der Waals surface area contributed by atoms with Crippen molar-refractivity contribution in [3.8, 4) is 0 Å². The molecule has 0 aromatic heterocycles. The minimum atomic E-state index is -4.00. The van der Waals surface area contributed by atoms with Gasteiger partial charge in [0, 0.05) is 18.7 Å². The zero-order valence-corrected chi connectivity index (χ0v) is 15.9. The van der Waals surface area contributed by atoms with Gasteiger partial charge in [-0.05, 0) is 43.2 Å². The van der Waals surface area contributed by atoms with Gasteiger partial charge in [-0.25, -0.2) is 12.8 Å². The molecule has 0 spiro atoms. The standard InChI is InChI=1S/C19H23FN2O3S/c1-4-15(5-2)21-19(23)14-9-8-10-16(13-14)26(24,25)22(3)18-12-7-6-11-17(18)20/h6-13,15H,4-5H2,1-3H3,(H,21,23). The number of carbonyl (C=O) groups excluding carboxylic acids is 1. The van der Waals surface area contributed by atoms with E-state index >= 15 is 0 Å². The Morgan fingerprint density at radius 1 is 1.12 bits per heavy atom. The van der Waals surface area contributed by atoms with Crippen LogP contribution in [0.15, 0.2) is 53.4 Å². The highest BCUT2D eigenvalue weighted by Crippen LogP contribution is 2.25. The fourth-order valence-corrected chi connectivity index (χ4v) is 3.80. The number of hydrogen-bond acceptors (Lipinski definition) is 3. The summed E-state index contributed by atoms with van der Waals surface area (Å²) in [6, 6.07) is 11.4. The Hall–Kier alpha value is -2.41. The van der Waals surface area contributed by atoms with Crippen LogP contribution in [-0.2, 0) is 10.0 Å². The molecule has 2 aromatic rings. The van der Waals surface area contributed by atoms with Crippen molar-refractivity contribution in [2.24, 2.45) is 0 Å². The summed E-state index contributed by atoms with van der Waals surface area (Å²) in [6.45, 7) is 3.94. The van der Waals surface area contributed by atoms with Gasteiger partial charge in [0.1, 0.15) is 5.82 Å². The van der Waals surface area contributed by atoms with Gasteiger partial charge in [-0.1, -0.05) is 32.0 Å². The van der Waals surface area contributed by atoms with Crippen LogP contribution in [0.5, 0.6) is 0 Å². The van der Waals surface area contributed by atoms with E-state index in [1.165, 1.54) is 43.4 Å². The molecule has 0 saturated heterocycles. The number of sulfonamides is 1.